The summed E-state index contributed by atoms with van der Waals surface area (Å²) in [5.41, 5.74) is 7.98. The maximum atomic E-state index is 10.6. The number of nitrogens with one attached hydrogen (secondary N) is 1. The van der Waals surface area contributed by atoms with E-state index >= 15 is 0 Å². The molecule has 0 aliphatic rings. The van der Waals surface area contributed by atoms with Gasteiger partial charge < -0.3 is 20.3 Å². The average molecular weight is 289 g/mol. The van der Waals surface area contributed by atoms with Crippen LogP contribution in [0.4, 0.5) is 5.69 Å². The molecule has 1 heterocycles. The molecule has 2 rings (SSSR count). The van der Waals surface area contributed by atoms with Crippen molar-refractivity contribution in [2.75, 3.05) is 11.9 Å². The van der Waals surface area contributed by atoms with Gasteiger partial charge >= 0.3 is 0 Å². The maximum absolute atomic E-state index is 10.6. The van der Waals surface area contributed by atoms with Crippen molar-refractivity contribution in [2.24, 2.45) is 5.73 Å². The van der Waals surface area contributed by atoms with E-state index in [0.29, 0.717) is 18.9 Å². The molecule has 112 valence electrons. The smallest absolute Gasteiger partial charge is 0.220 e. The minimum atomic E-state index is -0.368. The molecule has 0 fully saturated rings. The summed E-state index contributed by atoms with van der Waals surface area (Å²) < 4.78 is 10.5. The van der Waals surface area contributed by atoms with Gasteiger partial charge in [-0.3, -0.25) is 4.79 Å². The molecular formula is C15H19N3O3. The van der Waals surface area contributed by atoms with Gasteiger partial charge in [0.15, 0.2) is 0 Å². The van der Waals surface area contributed by atoms with Crippen LogP contribution in [0.5, 0.6) is 5.75 Å². The van der Waals surface area contributed by atoms with Gasteiger partial charge in [0.1, 0.15) is 11.5 Å². The monoisotopic (exact) mass is 289 g/mol. The number of rotatable bonds is 7. The number of carbonyl (C=O) groups excluding carboxylic acids is 1. The molecule has 0 unspecified atom stereocenters. The van der Waals surface area contributed by atoms with E-state index in [-0.39, 0.29) is 12.3 Å². The molecule has 6 heteroatoms. The predicted octanol–water partition coefficient (Wildman–Crippen LogP) is 2.16. The van der Waals surface area contributed by atoms with E-state index in [2.05, 4.69) is 10.5 Å². The average Bonchev–Trinajstić information content (AvgIpc) is 2.77. The van der Waals surface area contributed by atoms with Crippen LogP contribution in [0.3, 0.4) is 0 Å². The number of amides is 1. The minimum absolute atomic E-state index is 0.214. The third-order valence-corrected chi connectivity index (χ3v) is 3.12. The molecular weight excluding hydrogens is 270 g/mol. The van der Waals surface area contributed by atoms with Gasteiger partial charge in [-0.25, -0.2) is 0 Å². The molecule has 3 N–H and O–H groups in total. The number of ether oxygens (including phenoxy) is 1. The number of anilines is 1. The molecule has 0 radical (unpaired) electrons. The highest BCUT2D eigenvalue weighted by Crippen LogP contribution is 2.18. The second-order valence-electron chi connectivity index (χ2n) is 4.75. The van der Waals surface area contributed by atoms with Crippen molar-refractivity contribution < 1.29 is 14.1 Å². The number of hydrogen-bond donors (Lipinski definition) is 2. The zero-order chi connectivity index (χ0) is 15.2. The summed E-state index contributed by atoms with van der Waals surface area (Å²) in [4.78, 5) is 10.6. The van der Waals surface area contributed by atoms with Gasteiger partial charge in [0, 0.05) is 17.8 Å². The second-order valence-corrected chi connectivity index (χ2v) is 4.75. The highest BCUT2D eigenvalue weighted by atomic mass is 16.5. The Kier molecular flexibility index (Phi) is 4.81. The summed E-state index contributed by atoms with van der Waals surface area (Å²) in [6.07, 6.45) is 0.214. The SMILES string of the molecule is Cc1noc(C)c1CNc1ccc(OCCC(N)=O)cc1. The lowest BCUT2D eigenvalue weighted by Gasteiger charge is -2.08. The first-order chi connectivity index (χ1) is 10.1. The summed E-state index contributed by atoms with van der Waals surface area (Å²) in [7, 11) is 0. The van der Waals surface area contributed by atoms with E-state index in [0.717, 1.165) is 22.7 Å². The number of aryl methyl sites for hydroxylation is 2. The largest absolute Gasteiger partial charge is 0.493 e. The molecule has 6 nitrogen and oxygen atoms in total. The Hall–Kier alpha value is -2.50. The number of benzene rings is 1. The molecule has 0 aliphatic heterocycles. The van der Waals surface area contributed by atoms with E-state index in [9.17, 15) is 4.79 Å². The second kappa shape index (κ2) is 6.78. The molecule has 2 aromatic rings. The van der Waals surface area contributed by atoms with Crippen molar-refractivity contribution in [3.8, 4) is 5.75 Å². The van der Waals surface area contributed by atoms with E-state index in [1.807, 2.05) is 38.1 Å². The van der Waals surface area contributed by atoms with Gasteiger partial charge in [-0.05, 0) is 38.1 Å². The maximum Gasteiger partial charge on any atom is 0.220 e. The van der Waals surface area contributed by atoms with Gasteiger partial charge in [-0.1, -0.05) is 5.16 Å². The van der Waals surface area contributed by atoms with Crippen molar-refractivity contribution in [3.63, 3.8) is 0 Å². The van der Waals surface area contributed by atoms with E-state index in [4.69, 9.17) is 15.0 Å². The van der Waals surface area contributed by atoms with Crippen molar-refractivity contribution in [3.05, 3.63) is 41.3 Å². The van der Waals surface area contributed by atoms with Gasteiger partial charge in [-0.2, -0.15) is 0 Å². The van der Waals surface area contributed by atoms with Crippen LogP contribution in [0.1, 0.15) is 23.4 Å². The number of hydrogen-bond acceptors (Lipinski definition) is 5. The van der Waals surface area contributed by atoms with Crippen LogP contribution in [0.25, 0.3) is 0 Å². The van der Waals surface area contributed by atoms with Crippen molar-refractivity contribution in [1.82, 2.24) is 5.16 Å². The molecule has 0 spiro atoms. The predicted molar refractivity (Wildman–Crippen MR) is 79.1 cm³/mol. The van der Waals surface area contributed by atoms with Crippen LogP contribution in [0, 0.1) is 13.8 Å². The Morgan fingerprint density at radius 2 is 2.05 bits per heavy atom. The van der Waals surface area contributed by atoms with Crippen LogP contribution >= 0.6 is 0 Å². The molecule has 0 aliphatic carbocycles. The molecule has 0 saturated heterocycles. The van der Waals surface area contributed by atoms with Crippen LogP contribution < -0.4 is 15.8 Å². The lowest BCUT2D eigenvalue weighted by atomic mass is 10.2. The molecule has 0 saturated carbocycles. The van der Waals surface area contributed by atoms with Crippen molar-refractivity contribution >= 4 is 11.6 Å². The zero-order valence-corrected chi connectivity index (χ0v) is 12.2. The molecule has 0 atom stereocenters. The number of nitrogens with two attached hydrogens (primary N) is 1. The van der Waals surface area contributed by atoms with Gasteiger partial charge in [0.25, 0.3) is 0 Å². The van der Waals surface area contributed by atoms with Crippen LogP contribution in [-0.4, -0.2) is 17.7 Å². The summed E-state index contributed by atoms with van der Waals surface area (Å²) in [5, 5.41) is 7.22. The number of aromatic nitrogens is 1. The normalized spacial score (nSPS) is 10.4. The zero-order valence-electron chi connectivity index (χ0n) is 12.2. The third-order valence-electron chi connectivity index (χ3n) is 3.12. The molecule has 1 aromatic heterocycles. The fourth-order valence-corrected chi connectivity index (χ4v) is 1.88. The summed E-state index contributed by atoms with van der Waals surface area (Å²) in [6.45, 7) is 4.76. The van der Waals surface area contributed by atoms with Crippen LogP contribution in [-0.2, 0) is 11.3 Å². The highest BCUT2D eigenvalue weighted by molar-refractivity contribution is 5.73. The highest BCUT2D eigenvalue weighted by Gasteiger charge is 2.08. The summed E-state index contributed by atoms with van der Waals surface area (Å²) in [6, 6.07) is 7.52. The molecule has 1 amide bonds. The number of carbonyl (C=O) groups is 1. The number of nitrogens with zero attached hydrogens (tertiary/aromatic N) is 1. The lowest BCUT2D eigenvalue weighted by molar-refractivity contribution is -0.118. The van der Waals surface area contributed by atoms with Gasteiger partial charge in [0.2, 0.25) is 5.91 Å². The van der Waals surface area contributed by atoms with Crippen molar-refractivity contribution in [2.45, 2.75) is 26.8 Å². The summed E-state index contributed by atoms with van der Waals surface area (Å²) >= 11 is 0. The van der Waals surface area contributed by atoms with E-state index < -0.39 is 0 Å². The molecule has 21 heavy (non-hydrogen) atoms. The fourth-order valence-electron chi connectivity index (χ4n) is 1.88. The summed E-state index contributed by atoms with van der Waals surface area (Å²) in [5.74, 6) is 1.17. The first-order valence-corrected chi connectivity index (χ1v) is 6.73. The Morgan fingerprint density at radius 1 is 1.33 bits per heavy atom. The van der Waals surface area contributed by atoms with Gasteiger partial charge in [0.05, 0.1) is 18.7 Å². The Morgan fingerprint density at radius 3 is 2.62 bits per heavy atom. The fraction of sp³-hybridized carbons (Fsp3) is 0.333. The van der Waals surface area contributed by atoms with E-state index in [1.54, 1.807) is 0 Å². The Balaban J connectivity index is 1.86. The quantitative estimate of drug-likeness (QED) is 0.815. The van der Waals surface area contributed by atoms with Crippen LogP contribution in [0.15, 0.2) is 28.8 Å². The molecule has 0 bridgehead atoms. The molecule has 1 aromatic carbocycles. The first kappa shape index (κ1) is 14.9. The van der Waals surface area contributed by atoms with E-state index in [1.165, 1.54) is 0 Å². The Bertz CT molecular complexity index is 586. The standard InChI is InChI=1S/C15H19N3O3/c1-10-14(11(2)21-18-10)9-17-12-3-5-13(6-4-12)20-8-7-15(16)19/h3-6,17H,7-9H2,1-2H3,(H2,16,19). The van der Waals surface area contributed by atoms with Crippen LogP contribution in [0.2, 0.25) is 0 Å². The lowest BCUT2D eigenvalue weighted by Crippen LogP contribution is -2.14. The first-order valence-electron chi connectivity index (χ1n) is 6.73. The number of primary amides is 1. The van der Waals surface area contributed by atoms with Crippen molar-refractivity contribution in [1.29, 1.82) is 0 Å². The Labute approximate surface area is 123 Å². The van der Waals surface area contributed by atoms with Gasteiger partial charge in [-0.15, -0.1) is 0 Å². The topological polar surface area (TPSA) is 90.4 Å². The minimum Gasteiger partial charge on any atom is -0.493 e. The third kappa shape index (κ3) is 4.24.